The molecule has 2 aromatic carbocycles. The fourth-order valence-corrected chi connectivity index (χ4v) is 7.76. The van der Waals surface area contributed by atoms with Gasteiger partial charge in [-0.1, -0.05) is 38.1 Å². The van der Waals surface area contributed by atoms with E-state index < -0.39 is 12.1 Å². The topological polar surface area (TPSA) is 133 Å². The predicted molar refractivity (Wildman–Crippen MR) is 183 cm³/mol. The maximum atomic E-state index is 14.2. The van der Waals surface area contributed by atoms with Gasteiger partial charge in [0, 0.05) is 43.7 Å². The maximum absolute atomic E-state index is 14.2. The van der Waals surface area contributed by atoms with E-state index in [9.17, 15) is 20.0 Å². The number of piperazine rings is 1. The van der Waals surface area contributed by atoms with Gasteiger partial charge in [0.1, 0.15) is 5.82 Å². The van der Waals surface area contributed by atoms with Gasteiger partial charge in [0.15, 0.2) is 6.23 Å². The minimum Gasteiger partial charge on any atom is -0.465 e. The number of amides is 1. The lowest BCUT2D eigenvalue weighted by Crippen LogP contribution is -2.55. The molecule has 0 bridgehead atoms. The fraction of sp³-hybridized carbons (Fsp3) is 0.472. The second kappa shape index (κ2) is 13.0. The highest BCUT2D eigenvalue weighted by Gasteiger charge is 2.35. The molecule has 3 aliphatic rings. The van der Waals surface area contributed by atoms with E-state index in [0.717, 1.165) is 70.5 Å². The van der Waals surface area contributed by atoms with E-state index in [-0.39, 0.29) is 30.8 Å². The Hall–Kier alpha value is -4.89. The van der Waals surface area contributed by atoms with Crippen LogP contribution in [0.5, 0.6) is 0 Å². The lowest BCUT2D eigenvalue weighted by atomic mass is 9.98. The first-order valence-electron chi connectivity index (χ1n) is 17.0. The van der Waals surface area contributed by atoms with Crippen LogP contribution in [0.3, 0.4) is 0 Å². The number of fused-ring (bicyclic) bond motifs is 2. The third kappa shape index (κ3) is 5.56. The fourth-order valence-electron chi connectivity index (χ4n) is 7.76. The number of nitrogens with zero attached hydrogens (tertiary/aromatic N) is 8. The summed E-state index contributed by atoms with van der Waals surface area (Å²) in [5.74, 6) is 0.779. The molecule has 1 N–H and O–H groups in total. The zero-order valence-corrected chi connectivity index (χ0v) is 27.8. The molecular weight excluding hydrogens is 608 g/mol. The lowest BCUT2D eigenvalue weighted by Gasteiger charge is -2.41. The normalized spacial score (nSPS) is 19.9. The van der Waals surface area contributed by atoms with Crippen LogP contribution in [0, 0.1) is 18.3 Å². The van der Waals surface area contributed by atoms with Crippen molar-refractivity contribution < 1.29 is 14.6 Å². The molecule has 7 rings (SSSR count). The van der Waals surface area contributed by atoms with Crippen molar-refractivity contribution in [2.24, 2.45) is 0 Å². The molecule has 12 heteroatoms. The van der Waals surface area contributed by atoms with Gasteiger partial charge in [0.25, 0.3) is 0 Å². The summed E-state index contributed by atoms with van der Waals surface area (Å²) < 4.78 is 9.90. The van der Waals surface area contributed by atoms with Crippen molar-refractivity contribution in [1.29, 1.82) is 5.26 Å². The highest BCUT2D eigenvalue weighted by atomic mass is 16.5. The van der Waals surface area contributed by atoms with Gasteiger partial charge in [-0.15, -0.1) is 0 Å². The SMILES string of the molecule is Cc1ccc2c(cnn2C2CCCCO2)c1N1CCc2c(N3CCN(C(=O)O)[C@@H](CC#N)C3)nc(=O)n(-c3ccccc3C(C)C)c2C1. The number of para-hydroxylation sites is 1. The smallest absolute Gasteiger partial charge is 0.407 e. The molecule has 2 fully saturated rings. The van der Waals surface area contributed by atoms with Crippen LogP contribution in [-0.2, 0) is 17.7 Å². The number of anilines is 2. The summed E-state index contributed by atoms with van der Waals surface area (Å²) in [5.41, 5.74) is 6.64. The summed E-state index contributed by atoms with van der Waals surface area (Å²) >= 11 is 0. The van der Waals surface area contributed by atoms with Crippen LogP contribution in [0.1, 0.15) is 74.1 Å². The van der Waals surface area contributed by atoms with Crippen LogP contribution in [0.25, 0.3) is 16.6 Å². The quantitative estimate of drug-likeness (QED) is 0.293. The molecule has 0 aliphatic carbocycles. The Morgan fingerprint density at radius 1 is 1.12 bits per heavy atom. The number of hydrogen-bond donors (Lipinski definition) is 1. The average molecular weight is 651 g/mol. The van der Waals surface area contributed by atoms with Crippen molar-refractivity contribution in [3.8, 4) is 11.8 Å². The minimum absolute atomic E-state index is 0.0699. The first-order valence-corrected chi connectivity index (χ1v) is 17.0. The minimum atomic E-state index is -1.04. The van der Waals surface area contributed by atoms with Crippen LogP contribution in [0.4, 0.5) is 16.3 Å². The molecule has 5 heterocycles. The second-order valence-electron chi connectivity index (χ2n) is 13.4. The standard InChI is InChI=1S/C36H42N8O4/c1-23(2)26-8-4-5-9-29(26)43-31-22-40(33-24(3)11-12-30-28(33)20-38-44(30)32-10-6-7-19-48-32)16-14-27(31)34(39-35(43)45)41-17-18-42(36(46)47)25(21-41)13-15-37/h4-5,8-9,11-12,20,23,25,32H,6-7,10,13-14,16-19,21-22H2,1-3H3,(H,46,47)/t25-,32?/m0/s1. The second-order valence-corrected chi connectivity index (χ2v) is 13.4. The van der Waals surface area contributed by atoms with E-state index in [4.69, 9.17) is 14.8 Å². The zero-order chi connectivity index (χ0) is 33.5. The van der Waals surface area contributed by atoms with Gasteiger partial charge in [0.2, 0.25) is 0 Å². The highest BCUT2D eigenvalue weighted by molar-refractivity contribution is 5.94. The summed E-state index contributed by atoms with van der Waals surface area (Å²) in [6.07, 6.45) is 4.66. The van der Waals surface area contributed by atoms with Crippen LogP contribution in [-0.4, -0.2) is 74.3 Å². The molecule has 1 unspecified atom stereocenters. The molecule has 12 nitrogen and oxygen atoms in total. The number of rotatable bonds is 6. The summed E-state index contributed by atoms with van der Waals surface area (Å²) in [5, 5.41) is 25.1. The Morgan fingerprint density at radius 3 is 2.71 bits per heavy atom. The first-order chi connectivity index (χ1) is 23.3. The summed E-state index contributed by atoms with van der Waals surface area (Å²) in [4.78, 5) is 36.6. The lowest BCUT2D eigenvalue weighted by molar-refractivity contribution is -0.0366. The van der Waals surface area contributed by atoms with Gasteiger partial charge in [0.05, 0.1) is 53.9 Å². The molecule has 250 valence electrons. The van der Waals surface area contributed by atoms with Gasteiger partial charge < -0.3 is 24.5 Å². The van der Waals surface area contributed by atoms with Crippen molar-refractivity contribution >= 4 is 28.5 Å². The molecule has 3 aliphatic heterocycles. The molecule has 2 atom stereocenters. The molecule has 2 aromatic heterocycles. The maximum Gasteiger partial charge on any atom is 0.407 e. The van der Waals surface area contributed by atoms with E-state index in [1.54, 1.807) is 4.57 Å². The van der Waals surface area contributed by atoms with Gasteiger partial charge in [-0.25, -0.2) is 14.3 Å². The van der Waals surface area contributed by atoms with E-state index >= 15 is 0 Å². The van der Waals surface area contributed by atoms with Gasteiger partial charge in [-0.2, -0.15) is 15.3 Å². The van der Waals surface area contributed by atoms with Crippen LogP contribution >= 0.6 is 0 Å². The number of aryl methyl sites for hydroxylation is 1. The molecular formula is C36H42N8O4. The highest BCUT2D eigenvalue weighted by Crippen LogP contribution is 2.38. The third-order valence-electron chi connectivity index (χ3n) is 10.1. The Bertz CT molecular complexity index is 1950. The first kappa shape index (κ1) is 31.7. The number of aromatic nitrogens is 4. The van der Waals surface area contributed by atoms with Gasteiger partial charge >= 0.3 is 11.8 Å². The Labute approximate surface area is 279 Å². The molecule has 48 heavy (non-hydrogen) atoms. The molecule has 0 saturated carbocycles. The van der Waals surface area contributed by atoms with E-state index in [0.29, 0.717) is 38.4 Å². The largest absolute Gasteiger partial charge is 0.465 e. The predicted octanol–water partition coefficient (Wildman–Crippen LogP) is 5.36. The van der Waals surface area contributed by atoms with Crippen molar-refractivity contribution in [2.45, 2.75) is 77.6 Å². The molecule has 1 amide bonds. The summed E-state index contributed by atoms with van der Waals surface area (Å²) in [7, 11) is 0. The number of carbonyl (C=O) groups is 1. The van der Waals surface area contributed by atoms with Crippen LogP contribution in [0.2, 0.25) is 0 Å². The van der Waals surface area contributed by atoms with E-state index in [1.165, 1.54) is 4.90 Å². The Balaban J connectivity index is 1.35. The van der Waals surface area contributed by atoms with Gasteiger partial charge in [-0.05, 0) is 61.8 Å². The van der Waals surface area contributed by atoms with E-state index in [2.05, 4.69) is 49.9 Å². The third-order valence-corrected chi connectivity index (χ3v) is 10.1. The number of benzene rings is 2. The number of carboxylic acid groups (broad SMARTS) is 1. The number of hydrogen-bond acceptors (Lipinski definition) is 8. The van der Waals surface area contributed by atoms with Crippen LogP contribution in [0.15, 0.2) is 47.4 Å². The van der Waals surface area contributed by atoms with Gasteiger partial charge in [-0.3, -0.25) is 4.57 Å². The van der Waals surface area contributed by atoms with E-state index in [1.807, 2.05) is 34.0 Å². The number of nitriles is 1. The summed E-state index contributed by atoms with van der Waals surface area (Å²) in [6, 6.07) is 13.9. The average Bonchev–Trinajstić information content (AvgIpc) is 3.52. The zero-order valence-electron chi connectivity index (χ0n) is 27.8. The Kier molecular flexibility index (Phi) is 8.56. The molecule has 0 spiro atoms. The van der Waals surface area contributed by atoms with Crippen LogP contribution < -0.4 is 15.5 Å². The summed E-state index contributed by atoms with van der Waals surface area (Å²) in [6.45, 7) is 9.22. The van der Waals surface area contributed by atoms with Crippen molar-refractivity contribution in [3.05, 3.63) is 75.5 Å². The monoisotopic (exact) mass is 650 g/mol. The molecule has 4 aromatic rings. The number of ether oxygens (including phenoxy) is 1. The van der Waals surface area contributed by atoms with Crippen molar-refractivity contribution in [1.82, 2.24) is 24.2 Å². The molecule has 0 radical (unpaired) electrons. The Morgan fingerprint density at radius 2 is 1.96 bits per heavy atom. The van der Waals surface area contributed by atoms with Crippen molar-refractivity contribution in [2.75, 3.05) is 42.6 Å². The molecule has 2 saturated heterocycles. The van der Waals surface area contributed by atoms with Crippen molar-refractivity contribution in [3.63, 3.8) is 0 Å².